The maximum Gasteiger partial charge on any atom is 0.137 e. The van der Waals surface area contributed by atoms with Gasteiger partial charge in [-0.25, -0.2) is 9.97 Å². The highest BCUT2D eigenvalue weighted by Gasteiger charge is 2.10. The Morgan fingerprint density at radius 2 is 2.12 bits per heavy atom. The Morgan fingerprint density at radius 1 is 1.35 bits per heavy atom. The molecule has 0 radical (unpaired) electrons. The summed E-state index contributed by atoms with van der Waals surface area (Å²) in [6.45, 7) is 2.14. The molecule has 2 atom stereocenters. The van der Waals surface area contributed by atoms with Gasteiger partial charge in [-0.2, -0.15) is 0 Å². The van der Waals surface area contributed by atoms with Crippen molar-refractivity contribution in [1.29, 1.82) is 0 Å². The van der Waals surface area contributed by atoms with Crippen molar-refractivity contribution < 1.29 is 5.11 Å². The number of aromatic nitrogens is 2. The Kier molecular flexibility index (Phi) is 3.51. The van der Waals surface area contributed by atoms with E-state index < -0.39 is 6.10 Å². The van der Waals surface area contributed by atoms with E-state index in [1.54, 1.807) is 6.92 Å². The van der Waals surface area contributed by atoms with E-state index in [0.29, 0.717) is 6.54 Å². The second kappa shape index (κ2) is 5.07. The van der Waals surface area contributed by atoms with Crippen LogP contribution in [0.5, 0.6) is 0 Å². The van der Waals surface area contributed by atoms with Crippen molar-refractivity contribution in [2.45, 2.75) is 19.1 Å². The zero-order chi connectivity index (χ0) is 12.3. The lowest BCUT2D eigenvalue weighted by molar-refractivity contribution is 0.168. The predicted octanol–water partition coefficient (Wildman–Crippen LogP) is 0.750. The molecule has 0 bridgehead atoms. The monoisotopic (exact) mass is 232 g/mol. The molecule has 0 spiro atoms. The minimum Gasteiger partial charge on any atom is -0.392 e. The molecule has 0 saturated heterocycles. The Bertz CT molecular complexity index is 495. The van der Waals surface area contributed by atoms with Crippen molar-refractivity contribution in [3.05, 3.63) is 30.6 Å². The Balaban J connectivity index is 2.19. The van der Waals surface area contributed by atoms with E-state index in [9.17, 15) is 5.11 Å². The fraction of sp³-hybridized carbons (Fsp3) is 0.333. The standard InChI is InChI=1S/C12H16N4O/c1-8(17)10(13)6-14-12-9-4-2-3-5-11(9)15-7-16-12/h2-5,7-8,10,17H,6,13H2,1H3,(H,14,15,16). The second-order valence-electron chi connectivity index (χ2n) is 4.02. The number of anilines is 1. The summed E-state index contributed by atoms with van der Waals surface area (Å²) in [5.74, 6) is 0.742. The Morgan fingerprint density at radius 3 is 2.88 bits per heavy atom. The minimum atomic E-state index is -0.546. The first kappa shape index (κ1) is 11.8. The summed E-state index contributed by atoms with van der Waals surface area (Å²) in [6.07, 6.45) is 0.967. The zero-order valence-electron chi connectivity index (χ0n) is 9.67. The maximum absolute atomic E-state index is 9.31. The number of aliphatic hydroxyl groups excluding tert-OH is 1. The lowest BCUT2D eigenvalue weighted by Crippen LogP contribution is -2.38. The molecule has 5 heteroatoms. The van der Waals surface area contributed by atoms with Crippen LogP contribution in [-0.4, -0.2) is 33.8 Å². The summed E-state index contributed by atoms with van der Waals surface area (Å²) in [5, 5.41) is 13.4. The van der Waals surface area contributed by atoms with E-state index in [4.69, 9.17) is 5.73 Å². The SMILES string of the molecule is CC(O)C(N)CNc1ncnc2ccccc12. The quantitative estimate of drug-likeness (QED) is 0.724. The molecular formula is C12H16N4O. The highest BCUT2D eigenvalue weighted by molar-refractivity contribution is 5.88. The van der Waals surface area contributed by atoms with Gasteiger partial charge in [-0.15, -0.1) is 0 Å². The van der Waals surface area contributed by atoms with Crippen LogP contribution < -0.4 is 11.1 Å². The van der Waals surface area contributed by atoms with Gasteiger partial charge < -0.3 is 16.2 Å². The van der Waals surface area contributed by atoms with E-state index in [0.717, 1.165) is 16.7 Å². The molecule has 0 amide bonds. The molecule has 1 heterocycles. The van der Waals surface area contributed by atoms with Crippen molar-refractivity contribution in [3.63, 3.8) is 0 Å². The van der Waals surface area contributed by atoms with Crippen molar-refractivity contribution >= 4 is 16.7 Å². The molecule has 5 nitrogen and oxygen atoms in total. The van der Waals surface area contributed by atoms with Crippen LogP contribution >= 0.6 is 0 Å². The van der Waals surface area contributed by atoms with Gasteiger partial charge in [0.1, 0.15) is 12.1 Å². The molecule has 4 N–H and O–H groups in total. The Labute approximate surface area is 99.7 Å². The third kappa shape index (κ3) is 2.69. The minimum absolute atomic E-state index is 0.316. The van der Waals surface area contributed by atoms with Gasteiger partial charge in [0, 0.05) is 18.0 Å². The molecule has 2 aromatic rings. The molecule has 0 fully saturated rings. The van der Waals surface area contributed by atoms with Crippen LogP contribution in [0.25, 0.3) is 10.9 Å². The van der Waals surface area contributed by atoms with Crippen molar-refractivity contribution in [2.24, 2.45) is 5.73 Å². The Hall–Kier alpha value is -1.72. The highest BCUT2D eigenvalue weighted by atomic mass is 16.3. The first-order chi connectivity index (χ1) is 8.18. The molecule has 1 aromatic carbocycles. The van der Waals surface area contributed by atoms with E-state index in [1.807, 2.05) is 24.3 Å². The molecule has 2 rings (SSSR count). The topological polar surface area (TPSA) is 84.1 Å². The number of para-hydroxylation sites is 1. The van der Waals surface area contributed by atoms with Crippen molar-refractivity contribution in [2.75, 3.05) is 11.9 Å². The second-order valence-corrected chi connectivity index (χ2v) is 4.02. The fourth-order valence-electron chi connectivity index (χ4n) is 1.53. The fourth-order valence-corrected chi connectivity index (χ4v) is 1.53. The first-order valence-corrected chi connectivity index (χ1v) is 5.55. The molecule has 2 unspecified atom stereocenters. The lowest BCUT2D eigenvalue weighted by atomic mass is 10.2. The highest BCUT2D eigenvalue weighted by Crippen LogP contribution is 2.17. The van der Waals surface area contributed by atoms with Crippen LogP contribution in [-0.2, 0) is 0 Å². The molecule has 0 aliphatic rings. The number of nitrogens with one attached hydrogen (secondary N) is 1. The van der Waals surface area contributed by atoms with Crippen LogP contribution in [0.2, 0.25) is 0 Å². The zero-order valence-corrected chi connectivity index (χ0v) is 9.67. The van der Waals surface area contributed by atoms with E-state index >= 15 is 0 Å². The van der Waals surface area contributed by atoms with Gasteiger partial charge in [0.25, 0.3) is 0 Å². The summed E-state index contributed by atoms with van der Waals surface area (Å²) < 4.78 is 0. The van der Waals surface area contributed by atoms with Crippen LogP contribution in [0.1, 0.15) is 6.92 Å². The summed E-state index contributed by atoms with van der Waals surface area (Å²) in [4.78, 5) is 8.35. The predicted molar refractivity (Wildman–Crippen MR) is 67.7 cm³/mol. The molecule has 0 saturated carbocycles. The van der Waals surface area contributed by atoms with E-state index in [-0.39, 0.29) is 6.04 Å². The average Bonchev–Trinajstić information content (AvgIpc) is 2.35. The molecule has 90 valence electrons. The van der Waals surface area contributed by atoms with Crippen molar-refractivity contribution in [3.8, 4) is 0 Å². The first-order valence-electron chi connectivity index (χ1n) is 5.55. The van der Waals surface area contributed by atoms with E-state index in [2.05, 4.69) is 15.3 Å². The van der Waals surface area contributed by atoms with Gasteiger partial charge in [-0.1, -0.05) is 12.1 Å². The van der Waals surface area contributed by atoms with Gasteiger partial charge in [-0.3, -0.25) is 0 Å². The molecule has 17 heavy (non-hydrogen) atoms. The molecule has 0 aliphatic carbocycles. The summed E-state index contributed by atoms with van der Waals surface area (Å²) in [5.41, 5.74) is 6.64. The van der Waals surface area contributed by atoms with Gasteiger partial charge in [-0.05, 0) is 19.1 Å². The van der Waals surface area contributed by atoms with Crippen LogP contribution in [0.15, 0.2) is 30.6 Å². The normalized spacial score (nSPS) is 14.5. The van der Waals surface area contributed by atoms with Gasteiger partial charge in [0.05, 0.1) is 11.6 Å². The number of hydrogen-bond donors (Lipinski definition) is 3. The third-order valence-electron chi connectivity index (χ3n) is 2.67. The summed E-state index contributed by atoms with van der Waals surface area (Å²) in [6, 6.07) is 7.43. The number of fused-ring (bicyclic) bond motifs is 1. The molecule has 1 aromatic heterocycles. The molecule has 0 aliphatic heterocycles. The lowest BCUT2D eigenvalue weighted by Gasteiger charge is -2.16. The number of benzene rings is 1. The average molecular weight is 232 g/mol. The van der Waals surface area contributed by atoms with E-state index in [1.165, 1.54) is 6.33 Å². The number of aliphatic hydroxyl groups is 1. The van der Waals surface area contributed by atoms with Gasteiger partial charge in [0.2, 0.25) is 0 Å². The number of hydrogen-bond acceptors (Lipinski definition) is 5. The number of rotatable bonds is 4. The van der Waals surface area contributed by atoms with Gasteiger partial charge in [0.15, 0.2) is 0 Å². The smallest absolute Gasteiger partial charge is 0.137 e. The maximum atomic E-state index is 9.31. The third-order valence-corrected chi connectivity index (χ3v) is 2.67. The number of nitrogens with zero attached hydrogens (tertiary/aromatic N) is 2. The summed E-state index contributed by atoms with van der Waals surface area (Å²) in [7, 11) is 0. The van der Waals surface area contributed by atoms with Crippen molar-refractivity contribution in [1.82, 2.24) is 9.97 Å². The molecular weight excluding hydrogens is 216 g/mol. The number of nitrogens with two attached hydrogens (primary N) is 1. The van der Waals surface area contributed by atoms with Crippen LogP contribution in [0, 0.1) is 0 Å². The van der Waals surface area contributed by atoms with Crippen LogP contribution in [0.4, 0.5) is 5.82 Å². The van der Waals surface area contributed by atoms with Gasteiger partial charge >= 0.3 is 0 Å². The summed E-state index contributed by atoms with van der Waals surface area (Å²) >= 11 is 0. The van der Waals surface area contributed by atoms with Crippen LogP contribution in [0.3, 0.4) is 0 Å². The largest absolute Gasteiger partial charge is 0.392 e.